The quantitative estimate of drug-likeness (QED) is 0.889. The van der Waals surface area contributed by atoms with Crippen LogP contribution in [0.2, 0.25) is 0 Å². The van der Waals surface area contributed by atoms with Crippen molar-refractivity contribution in [1.82, 2.24) is 24.4 Å². The van der Waals surface area contributed by atoms with Crippen LogP contribution in [-0.2, 0) is 13.1 Å². The van der Waals surface area contributed by atoms with Gasteiger partial charge in [0.2, 0.25) is 0 Å². The molecule has 0 aromatic carbocycles. The van der Waals surface area contributed by atoms with E-state index in [-0.39, 0.29) is 5.41 Å². The van der Waals surface area contributed by atoms with Crippen LogP contribution >= 0.6 is 0 Å². The van der Waals surface area contributed by atoms with Crippen molar-refractivity contribution in [3.63, 3.8) is 0 Å². The summed E-state index contributed by atoms with van der Waals surface area (Å²) in [7, 11) is 0. The Kier molecular flexibility index (Phi) is 4.83. The normalized spacial score (nSPS) is 13.8. The van der Waals surface area contributed by atoms with Crippen molar-refractivity contribution in [2.45, 2.75) is 59.8 Å². The van der Waals surface area contributed by atoms with Gasteiger partial charge in [-0.2, -0.15) is 0 Å². The van der Waals surface area contributed by atoms with Crippen LogP contribution in [0.5, 0.6) is 0 Å². The lowest BCUT2D eigenvalue weighted by Gasteiger charge is -2.32. The van der Waals surface area contributed by atoms with Crippen LogP contribution in [0.25, 0.3) is 0 Å². The molecule has 0 aliphatic rings. The predicted molar refractivity (Wildman–Crippen MR) is 84.9 cm³/mol. The molecule has 21 heavy (non-hydrogen) atoms. The van der Waals surface area contributed by atoms with Gasteiger partial charge in [-0.25, -0.2) is 9.97 Å². The standard InChI is InChI=1S/C16H27N5/c1-13(2)21-12-18-8-14(21)9-19-15(16(3,4)5)10-20-7-6-17-11-20/h6-8,11-13,15,19H,9-10H2,1-5H3. The zero-order valence-corrected chi connectivity index (χ0v) is 13.7. The van der Waals surface area contributed by atoms with E-state index < -0.39 is 0 Å². The highest BCUT2D eigenvalue weighted by Gasteiger charge is 2.24. The molecule has 0 fully saturated rings. The molecule has 2 aromatic rings. The Bertz CT molecular complexity index is 533. The van der Waals surface area contributed by atoms with E-state index >= 15 is 0 Å². The molecule has 1 unspecified atom stereocenters. The minimum absolute atomic E-state index is 0.174. The first-order chi connectivity index (χ1) is 9.88. The molecule has 0 saturated heterocycles. The van der Waals surface area contributed by atoms with E-state index in [1.165, 1.54) is 5.69 Å². The van der Waals surface area contributed by atoms with Crippen LogP contribution in [0.15, 0.2) is 31.2 Å². The fraction of sp³-hybridized carbons (Fsp3) is 0.625. The van der Waals surface area contributed by atoms with Gasteiger partial charge >= 0.3 is 0 Å². The lowest BCUT2D eigenvalue weighted by molar-refractivity contribution is 0.238. The maximum absolute atomic E-state index is 4.27. The van der Waals surface area contributed by atoms with Gasteiger partial charge < -0.3 is 14.5 Å². The van der Waals surface area contributed by atoms with Crippen LogP contribution in [0.1, 0.15) is 46.4 Å². The maximum Gasteiger partial charge on any atom is 0.0951 e. The van der Waals surface area contributed by atoms with Gasteiger partial charge in [-0.3, -0.25) is 0 Å². The first-order valence-corrected chi connectivity index (χ1v) is 7.57. The summed E-state index contributed by atoms with van der Waals surface area (Å²) >= 11 is 0. The fourth-order valence-corrected chi connectivity index (χ4v) is 2.41. The van der Waals surface area contributed by atoms with Crippen molar-refractivity contribution in [3.05, 3.63) is 36.9 Å². The summed E-state index contributed by atoms with van der Waals surface area (Å²) in [5.74, 6) is 0. The van der Waals surface area contributed by atoms with Crippen LogP contribution in [0.3, 0.4) is 0 Å². The molecule has 2 rings (SSSR count). The molecule has 0 amide bonds. The number of nitrogens with zero attached hydrogens (tertiary/aromatic N) is 4. The van der Waals surface area contributed by atoms with E-state index in [0.717, 1.165) is 13.1 Å². The second-order valence-electron chi connectivity index (χ2n) is 6.94. The minimum Gasteiger partial charge on any atom is -0.336 e. The lowest BCUT2D eigenvalue weighted by Crippen LogP contribution is -2.43. The van der Waals surface area contributed by atoms with Crippen molar-refractivity contribution in [2.24, 2.45) is 5.41 Å². The van der Waals surface area contributed by atoms with Crippen LogP contribution in [0, 0.1) is 5.41 Å². The smallest absolute Gasteiger partial charge is 0.0951 e. The summed E-state index contributed by atoms with van der Waals surface area (Å²) in [6, 6.07) is 0.799. The highest BCUT2D eigenvalue weighted by atomic mass is 15.1. The third-order valence-electron chi connectivity index (χ3n) is 3.83. The van der Waals surface area contributed by atoms with E-state index in [0.29, 0.717) is 12.1 Å². The number of hydrogen-bond donors (Lipinski definition) is 1. The van der Waals surface area contributed by atoms with Crippen LogP contribution < -0.4 is 5.32 Å². The first kappa shape index (κ1) is 15.8. The molecule has 1 atom stereocenters. The Morgan fingerprint density at radius 2 is 1.95 bits per heavy atom. The monoisotopic (exact) mass is 289 g/mol. The van der Waals surface area contributed by atoms with E-state index in [2.05, 4.69) is 59.0 Å². The fourth-order valence-electron chi connectivity index (χ4n) is 2.41. The molecule has 2 heterocycles. The topological polar surface area (TPSA) is 47.7 Å². The zero-order valence-electron chi connectivity index (χ0n) is 13.7. The Morgan fingerprint density at radius 3 is 2.52 bits per heavy atom. The molecule has 116 valence electrons. The number of imidazole rings is 2. The van der Waals surface area contributed by atoms with Gasteiger partial charge in [0.1, 0.15) is 0 Å². The molecule has 1 N–H and O–H groups in total. The Morgan fingerprint density at radius 1 is 1.19 bits per heavy atom. The van der Waals surface area contributed by atoms with Crippen LogP contribution in [-0.4, -0.2) is 25.1 Å². The number of nitrogens with one attached hydrogen (secondary N) is 1. The second-order valence-corrected chi connectivity index (χ2v) is 6.94. The van der Waals surface area contributed by atoms with Gasteiger partial charge in [0.05, 0.1) is 18.3 Å². The molecule has 0 aliphatic carbocycles. The first-order valence-electron chi connectivity index (χ1n) is 7.57. The average Bonchev–Trinajstić information content (AvgIpc) is 3.04. The zero-order chi connectivity index (χ0) is 15.5. The van der Waals surface area contributed by atoms with E-state index in [1.807, 2.05) is 31.2 Å². The summed E-state index contributed by atoms with van der Waals surface area (Å²) in [5, 5.41) is 3.69. The third kappa shape index (κ3) is 4.17. The van der Waals surface area contributed by atoms with Gasteiger partial charge in [0.15, 0.2) is 0 Å². The molecule has 2 aromatic heterocycles. The molecule has 5 nitrogen and oxygen atoms in total. The van der Waals surface area contributed by atoms with Crippen molar-refractivity contribution < 1.29 is 0 Å². The minimum atomic E-state index is 0.174. The molecule has 0 saturated carbocycles. The van der Waals surface area contributed by atoms with Gasteiger partial charge in [-0.15, -0.1) is 0 Å². The van der Waals surface area contributed by atoms with Crippen molar-refractivity contribution in [2.75, 3.05) is 0 Å². The summed E-state index contributed by atoms with van der Waals surface area (Å²) in [6.07, 6.45) is 9.57. The molecular weight excluding hydrogens is 262 g/mol. The Labute approximate surface area is 127 Å². The largest absolute Gasteiger partial charge is 0.336 e. The van der Waals surface area contributed by atoms with Crippen molar-refractivity contribution in [3.8, 4) is 0 Å². The van der Waals surface area contributed by atoms with Gasteiger partial charge in [0.25, 0.3) is 0 Å². The number of rotatable bonds is 6. The highest BCUT2D eigenvalue weighted by molar-refractivity contribution is 5.00. The molecule has 0 aliphatic heterocycles. The molecule has 0 radical (unpaired) electrons. The maximum atomic E-state index is 4.27. The average molecular weight is 289 g/mol. The lowest BCUT2D eigenvalue weighted by atomic mass is 9.86. The summed E-state index contributed by atoms with van der Waals surface area (Å²) in [4.78, 5) is 8.39. The third-order valence-corrected chi connectivity index (χ3v) is 3.83. The number of hydrogen-bond acceptors (Lipinski definition) is 3. The van der Waals surface area contributed by atoms with E-state index in [4.69, 9.17) is 0 Å². The summed E-state index contributed by atoms with van der Waals surface area (Å²) in [5.41, 5.74) is 1.40. The van der Waals surface area contributed by atoms with Crippen LogP contribution in [0.4, 0.5) is 0 Å². The Balaban J connectivity index is 2.04. The highest BCUT2D eigenvalue weighted by Crippen LogP contribution is 2.21. The SMILES string of the molecule is CC(C)n1cncc1CNC(Cn1ccnc1)C(C)(C)C. The van der Waals surface area contributed by atoms with Gasteiger partial charge in [-0.05, 0) is 19.3 Å². The molecule has 0 spiro atoms. The van der Waals surface area contributed by atoms with E-state index in [9.17, 15) is 0 Å². The van der Waals surface area contributed by atoms with Crippen molar-refractivity contribution >= 4 is 0 Å². The van der Waals surface area contributed by atoms with E-state index in [1.54, 1.807) is 0 Å². The molecule has 0 bridgehead atoms. The van der Waals surface area contributed by atoms with Crippen molar-refractivity contribution in [1.29, 1.82) is 0 Å². The second kappa shape index (κ2) is 6.43. The summed E-state index contributed by atoms with van der Waals surface area (Å²) in [6.45, 7) is 12.9. The Hall–Kier alpha value is -1.62. The number of aromatic nitrogens is 4. The molecular formula is C16H27N5. The van der Waals surface area contributed by atoms with Gasteiger partial charge in [0, 0.05) is 43.8 Å². The molecule has 5 heteroatoms. The summed E-state index contributed by atoms with van der Waals surface area (Å²) < 4.78 is 4.34. The van der Waals surface area contributed by atoms with Gasteiger partial charge in [-0.1, -0.05) is 20.8 Å². The predicted octanol–water partition coefficient (Wildman–Crippen LogP) is 2.87.